The molecule has 2 heterocycles. The van der Waals surface area contributed by atoms with Crippen molar-refractivity contribution in [1.29, 1.82) is 0 Å². The lowest BCUT2D eigenvalue weighted by atomic mass is 10.2. The molecule has 0 aliphatic carbocycles. The summed E-state index contributed by atoms with van der Waals surface area (Å²) in [6.45, 7) is 5.23. The predicted molar refractivity (Wildman–Crippen MR) is 138 cm³/mol. The third-order valence-electron chi connectivity index (χ3n) is 4.60. The van der Waals surface area contributed by atoms with Gasteiger partial charge >= 0.3 is 0 Å². The van der Waals surface area contributed by atoms with Crippen LogP contribution in [0.3, 0.4) is 0 Å². The summed E-state index contributed by atoms with van der Waals surface area (Å²) in [6, 6.07) is 16.5. The minimum Gasteiger partial charge on any atom is -0.340 e. The zero-order valence-electron chi connectivity index (χ0n) is 19.2. The van der Waals surface area contributed by atoms with Crippen molar-refractivity contribution in [3.8, 4) is 0 Å². The highest BCUT2D eigenvalue weighted by Crippen LogP contribution is 2.26. The number of anilines is 6. The van der Waals surface area contributed by atoms with E-state index in [1.807, 2.05) is 44.2 Å². The number of amides is 1. The molecule has 12 heteroatoms. The maximum atomic E-state index is 12.6. The van der Waals surface area contributed by atoms with Crippen LogP contribution in [0.15, 0.2) is 65.0 Å². The van der Waals surface area contributed by atoms with Gasteiger partial charge in [-0.3, -0.25) is 9.52 Å². The van der Waals surface area contributed by atoms with Crippen LogP contribution in [0.1, 0.15) is 18.2 Å². The van der Waals surface area contributed by atoms with Crippen LogP contribution in [-0.4, -0.2) is 29.3 Å². The van der Waals surface area contributed by atoms with Crippen LogP contribution >= 0.6 is 11.3 Å². The van der Waals surface area contributed by atoms with Crippen molar-refractivity contribution < 1.29 is 13.2 Å². The molecule has 0 unspecified atom stereocenters. The monoisotopic (exact) mass is 509 g/mol. The summed E-state index contributed by atoms with van der Waals surface area (Å²) in [5.41, 5.74) is 3.93. The van der Waals surface area contributed by atoms with Crippen LogP contribution < -0.4 is 20.7 Å². The first-order valence-electron chi connectivity index (χ1n) is 10.5. The third kappa shape index (κ3) is 6.52. The van der Waals surface area contributed by atoms with E-state index >= 15 is 0 Å². The summed E-state index contributed by atoms with van der Waals surface area (Å²) in [5, 5.41) is 9.08. The topological polar surface area (TPSA) is 138 Å². The van der Waals surface area contributed by atoms with Crippen LogP contribution in [0.25, 0.3) is 0 Å². The highest BCUT2D eigenvalue weighted by Gasteiger charge is 2.18. The SMILES string of the molecule is CC(=O)Nc1ncc(S(=O)(=O)Nc2ccc(Nc3nc(C)cc(Nc4ccc(C)cc4)n3)cc2)s1. The second-order valence-electron chi connectivity index (χ2n) is 7.68. The minimum absolute atomic E-state index is 0.00906. The number of nitrogens with zero attached hydrogens (tertiary/aromatic N) is 3. The van der Waals surface area contributed by atoms with Crippen molar-refractivity contribution in [2.24, 2.45) is 0 Å². The van der Waals surface area contributed by atoms with Crippen molar-refractivity contribution >= 4 is 61.2 Å². The molecule has 0 atom stereocenters. The largest absolute Gasteiger partial charge is 0.340 e. The van der Waals surface area contributed by atoms with Gasteiger partial charge in [0.1, 0.15) is 5.82 Å². The number of aromatic nitrogens is 3. The summed E-state index contributed by atoms with van der Waals surface area (Å²) in [6.07, 6.45) is 1.20. The van der Waals surface area contributed by atoms with Crippen molar-refractivity contribution in [1.82, 2.24) is 15.0 Å². The maximum absolute atomic E-state index is 12.6. The summed E-state index contributed by atoms with van der Waals surface area (Å²) in [7, 11) is -3.84. The van der Waals surface area contributed by atoms with Gasteiger partial charge in [-0.15, -0.1) is 0 Å². The molecule has 35 heavy (non-hydrogen) atoms. The number of hydrogen-bond acceptors (Lipinski definition) is 9. The smallest absolute Gasteiger partial charge is 0.273 e. The highest BCUT2D eigenvalue weighted by atomic mass is 32.2. The second-order valence-corrected chi connectivity index (χ2v) is 10.6. The van der Waals surface area contributed by atoms with Gasteiger partial charge in [0.05, 0.1) is 6.20 Å². The van der Waals surface area contributed by atoms with E-state index in [-0.39, 0.29) is 15.2 Å². The fourth-order valence-corrected chi connectivity index (χ4v) is 5.16. The van der Waals surface area contributed by atoms with Crippen molar-refractivity contribution in [2.75, 3.05) is 20.7 Å². The number of sulfonamides is 1. The number of hydrogen-bond donors (Lipinski definition) is 4. The van der Waals surface area contributed by atoms with Crippen LogP contribution in [-0.2, 0) is 14.8 Å². The van der Waals surface area contributed by atoms with E-state index in [1.165, 1.54) is 18.7 Å². The van der Waals surface area contributed by atoms with Gasteiger partial charge < -0.3 is 16.0 Å². The highest BCUT2D eigenvalue weighted by molar-refractivity contribution is 7.94. The molecule has 0 spiro atoms. The molecule has 0 aliphatic heterocycles. The fourth-order valence-electron chi connectivity index (χ4n) is 3.02. The Balaban J connectivity index is 1.43. The number of rotatable bonds is 8. The van der Waals surface area contributed by atoms with Gasteiger partial charge in [0.2, 0.25) is 11.9 Å². The van der Waals surface area contributed by atoms with Gasteiger partial charge in [0.15, 0.2) is 9.34 Å². The number of carbonyl (C=O) groups excluding carboxylic acids is 1. The number of thiazole rings is 1. The first-order valence-corrected chi connectivity index (χ1v) is 12.8. The van der Waals surface area contributed by atoms with Crippen molar-refractivity contribution in [3.63, 3.8) is 0 Å². The lowest BCUT2D eigenvalue weighted by molar-refractivity contribution is -0.114. The number of aryl methyl sites for hydroxylation is 2. The van der Waals surface area contributed by atoms with Gasteiger partial charge in [0, 0.05) is 35.7 Å². The lowest BCUT2D eigenvalue weighted by Gasteiger charge is -2.11. The van der Waals surface area contributed by atoms with E-state index in [9.17, 15) is 13.2 Å². The first kappa shape index (κ1) is 24.1. The molecule has 2 aromatic heterocycles. The standard InChI is InChI=1S/C23H23N7O3S2/c1-14-4-6-17(7-5-14)27-20-12-15(2)25-22(29-20)28-18-8-10-19(11-9-18)30-35(32,33)21-13-24-23(34-21)26-16(3)31/h4-13,30H,1-3H3,(H,24,26,31)(H2,25,27,28,29). The van der Waals surface area contributed by atoms with E-state index in [2.05, 4.69) is 35.6 Å². The Morgan fingerprint density at radius 2 is 1.51 bits per heavy atom. The van der Waals surface area contributed by atoms with Gasteiger partial charge in [-0.2, -0.15) is 4.98 Å². The molecule has 2 aromatic carbocycles. The Kier molecular flexibility index (Phi) is 6.94. The predicted octanol–water partition coefficient (Wildman–Crippen LogP) is 4.80. The van der Waals surface area contributed by atoms with Crippen molar-refractivity contribution in [3.05, 3.63) is 72.1 Å². The Bertz CT molecular complexity index is 1450. The summed E-state index contributed by atoms with van der Waals surface area (Å²) in [5.74, 6) is 0.731. The molecule has 0 aliphatic rings. The van der Waals surface area contributed by atoms with E-state index in [4.69, 9.17) is 0 Å². The molecule has 0 radical (unpaired) electrons. The first-order chi connectivity index (χ1) is 16.7. The van der Waals surface area contributed by atoms with E-state index < -0.39 is 10.0 Å². The molecule has 4 N–H and O–H groups in total. The number of nitrogens with one attached hydrogen (secondary N) is 4. The van der Waals surface area contributed by atoms with Crippen LogP contribution in [0.4, 0.5) is 34.0 Å². The van der Waals surface area contributed by atoms with E-state index in [0.717, 1.165) is 22.7 Å². The second kappa shape index (κ2) is 10.1. The van der Waals surface area contributed by atoms with Crippen LogP contribution in [0, 0.1) is 13.8 Å². The normalized spacial score (nSPS) is 11.1. The van der Waals surface area contributed by atoms with E-state index in [0.29, 0.717) is 23.1 Å². The Morgan fingerprint density at radius 1 is 0.886 bits per heavy atom. The number of carbonyl (C=O) groups is 1. The lowest BCUT2D eigenvalue weighted by Crippen LogP contribution is -2.11. The minimum atomic E-state index is -3.84. The molecule has 10 nitrogen and oxygen atoms in total. The van der Waals surface area contributed by atoms with Gasteiger partial charge in [0.25, 0.3) is 10.0 Å². The zero-order valence-corrected chi connectivity index (χ0v) is 20.8. The third-order valence-corrected chi connectivity index (χ3v) is 7.36. The molecule has 4 rings (SSSR count). The average molecular weight is 510 g/mol. The summed E-state index contributed by atoms with van der Waals surface area (Å²) < 4.78 is 27.7. The summed E-state index contributed by atoms with van der Waals surface area (Å²) >= 11 is 0.868. The van der Waals surface area contributed by atoms with Crippen LogP contribution in [0.5, 0.6) is 0 Å². The Morgan fingerprint density at radius 3 is 2.20 bits per heavy atom. The molecule has 4 aromatic rings. The Hall–Kier alpha value is -4.03. The average Bonchev–Trinajstić information content (AvgIpc) is 3.25. The molecule has 1 amide bonds. The number of benzene rings is 2. The van der Waals surface area contributed by atoms with Crippen LogP contribution in [0.2, 0.25) is 0 Å². The maximum Gasteiger partial charge on any atom is 0.273 e. The molecular formula is C23H23N7O3S2. The van der Waals surface area contributed by atoms with Gasteiger partial charge in [-0.05, 0) is 50.2 Å². The quantitative estimate of drug-likeness (QED) is 0.266. The molecule has 0 bridgehead atoms. The fraction of sp³-hybridized carbons (Fsp3) is 0.130. The molecule has 0 saturated carbocycles. The Labute approximate surface area is 206 Å². The summed E-state index contributed by atoms with van der Waals surface area (Å²) in [4.78, 5) is 24.0. The molecule has 0 fully saturated rings. The van der Waals surface area contributed by atoms with Gasteiger partial charge in [-0.25, -0.2) is 18.4 Å². The van der Waals surface area contributed by atoms with Gasteiger partial charge in [-0.1, -0.05) is 29.0 Å². The molecule has 0 saturated heterocycles. The molecule has 180 valence electrons. The van der Waals surface area contributed by atoms with E-state index in [1.54, 1.807) is 24.3 Å². The zero-order chi connectivity index (χ0) is 25.0. The van der Waals surface area contributed by atoms with Crippen molar-refractivity contribution in [2.45, 2.75) is 25.0 Å². The molecular weight excluding hydrogens is 486 g/mol.